The Kier molecular flexibility index (Phi) is 43.5. The molecule has 0 aliphatic carbocycles. The zero-order chi connectivity index (χ0) is 46.6. The summed E-state index contributed by atoms with van der Waals surface area (Å²) in [6, 6.07) is -0.797. The van der Waals surface area contributed by atoms with Gasteiger partial charge < -0.3 is 40.3 Å². The van der Waals surface area contributed by atoms with Crippen LogP contribution in [-0.4, -0.2) is 87.5 Å². The zero-order valence-electron chi connectivity index (χ0n) is 42.1. The molecule has 1 amide bonds. The van der Waals surface area contributed by atoms with Gasteiger partial charge in [0, 0.05) is 6.42 Å². The van der Waals surface area contributed by atoms with Gasteiger partial charge in [-0.15, -0.1) is 0 Å². The SMILES string of the molecule is CCCCCCC/C=C/C(O)C(COC1OC(CO)C(O)C(O)C1O)NC(=O)CCCCCCCCCCCCCCCCCCCCCCCCCCCCCCCCCCCC. The number of amides is 1. The fourth-order valence-electron chi connectivity index (χ4n) is 9.16. The molecule has 6 N–H and O–H groups in total. The Balaban J connectivity index is 1.99. The Morgan fingerprint density at radius 3 is 1.22 bits per heavy atom. The predicted molar refractivity (Wildman–Crippen MR) is 267 cm³/mol. The van der Waals surface area contributed by atoms with Crippen LogP contribution in [0.5, 0.6) is 0 Å². The number of hydrogen-bond acceptors (Lipinski definition) is 8. The lowest BCUT2D eigenvalue weighted by Crippen LogP contribution is -2.60. The molecule has 0 aromatic carbocycles. The molecule has 0 radical (unpaired) electrons. The second-order valence-electron chi connectivity index (χ2n) is 19.7. The summed E-state index contributed by atoms with van der Waals surface area (Å²) in [5.41, 5.74) is 0. The molecule has 0 spiro atoms. The normalized spacial score (nSPS) is 20.0. The van der Waals surface area contributed by atoms with Gasteiger partial charge in [0.05, 0.1) is 25.4 Å². The highest BCUT2D eigenvalue weighted by Gasteiger charge is 2.44. The van der Waals surface area contributed by atoms with E-state index in [0.29, 0.717) is 6.42 Å². The highest BCUT2D eigenvalue weighted by Crippen LogP contribution is 2.23. The molecular formula is C55H107NO8. The Morgan fingerprint density at radius 2 is 0.859 bits per heavy atom. The van der Waals surface area contributed by atoms with Crippen molar-refractivity contribution in [2.75, 3.05) is 13.2 Å². The summed E-state index contributed by atoms with van der Waals surface area (Å²) in [4.78, 5) is 12.9. The second kappa shape index (κ2) is 45.7. The molecule has 1 rings (SSSR count). The minimum atomic E-state index is -1.56. The third-order valence-corrected chi connectivity index (χ3v) is 13.6. The van der Waals surface area contributed by atoms with Crippen LogP contribution in [0.4, 0.5) is 0 Å². The van der Waals surface area contributed by atoms with Gasteiger partial charge in [-0.25, -0.2) is 0 Å². The molecule has 9 nitrogen and oxygen atoms in total. The first-order valence-corrected chi connectivity index (χ1v) is 27.9. The van der Waals surface area contributed by atoms with Crippen molar-refractivity contribution in [1.82, 2.24) is 5.32 Å². The fourth-order valence-corrected chi connectivity index (χ4v) is 9.16. The first kappa shape index (κ1) is 60.9. The zero-order valence-corrected chi connectivity index (χ0v) is 42.1. The minimum Gasteiger partial charge on any atom is -0.394 e. The summed E-state index contributed by atoms with van der Waals surface area (Å²) >= 11 is 0. The van der Waals surface area contributed by atoms with Crippen molar-refractivity contribution in [1.29, 1.82) is 0 Å². The number of rotatable bonds is 48. The molecule has 380 valence electrons. The maximum Gasteiger partial charge on any atom is 0.220 e. The number of allylic oxidation sites excluding steroid dienone is 1. The van der Waals surface area contributed by atoms with Gasteiger partial charge in [0.25, 0.3) is 0 Å². The van der Waals surface area contributed by atoms with Crippen LogP contribution in [0, 0.1) is 0 Å². The Hall–Kier alpha value is -1.07. The maximum atomic E-state index is 12.9. The van der Waals surface area contributed by atoms with E-state index in [0.717, 1.165) is 38.5 Å². The van der Waals surface area contributed by atoms with Crippen LogP contribution in [0.25, 0.3) is 0 Å². The van der Waals surface area contributed by atoms with Crippen molar-refractivity contribution in [2.24, 2.45) is 0 Å². The van der Waals surface area contributed by atoms with Crippen molar-refractivity contribution in [3.8, 4) is 0 Å². The lowest BCUT2D eigenvalue weighted by Gasteiger charge is -2.40. The standard InChI is InChI=1S/C55H107NO8/c1-3-5-7-9-11-12-13-14-15-16-17-18-19-20-21-22-23-24-25-26-27-28-29-30-31-32-33-34-35-36-37-39-41-43-45-51(59)56-48(49(58)44-42-40-38-10-8-6-4-2)47-63-55-54(62)53(61)52(60)50(46-57)64-55/h42,44,48-50,52-55,57-58,60-62H,3-41,43,45-47H2,1-2H3,(H,56,59)/b44-42+. The summed E-state index contributed by atoms with van der Waals surface area (Å²) in [6.45, 7) is 3.74. The van der Waals surface area contributed by atoms with E-state index in [1.807, 2.05) is 6.08 Å². The van der Waals surface area contributed by atoms with E-state index in [4.69, 9.17) is 9.47 Å². The van der Waals surface area contributed by atoms with Gasteiger partial charge >= 0.3 is 0 Å². The quantitative estimate of drug-likeness (QED) is 0.0261. The molecule has 0 bridgehead atoms. The smallest absolute Gasteiger partial charge is 0.220 e. The molecule has 0 aromatic rings. The number of ether oxygens (including phenoxy) is 2. The van der Waals surface area contributed by atoms with E-state index in [9.17, 15) is 30.3 Å². The topological polar surface area (TPSA) is 149 Å². The van der Waals surface area contributed by atoms with Gasteiger partial charge in [-0.05, 0) is 19.3 Å². The Bertz CT molecular complexity index is 1010. The van der Waals surface area contributed by atoms with Crippen LogP contribution in [-0.2, 0) is 14.3 Å². The molecular weight excluding hydrogens is 803 g/mol. The Labute approximate surface area is 395 Å². The molecule has 1 saturated heterocycles. The van der Waals surface area contributed by atoms with E-state index in [1.54, 1.807) is 6.08 Å². The lowest BCUT2D eigenvalue weighted by atomic mass is 9.99. The average molecular weight is 910 g/mol. The monoisotopic (exact) mass is 910 g/mol. The van der Waals surface area contributed by atoms with E-state index >= 15 is 0 Å². The van der Waals surface area contributed by atoms with Gasteiger partial charge in [0.1, 0.15) is 24.4 Å². The molecule has 0 saturated carbocycles. The highest BCUT2D eigenvalue weighted by atomic mass is 16.7. The van der Waals surface area contributed by atoms with Crippen molar-refractivity contribution >= 4 is 5.91 Å². The summed E-state index contributed by atoms with van der Waals surface area (Å²) < 4.78 is 11.2. The first-order chi connectivity index (χ1) is 31.3. The largest absolute Gasteiger partial charge is 0.394 e. The fraction of sp³-hybridized carbons (Fsp3) is 0.945. The van der Waals surface area contributed by atoms with Crippen LogP contribution in [0.1, 0.15) is 277 Å². The number of carbonyl (C=O) groups excluding carboxylic acids is 1. The van der Waals surface area contributed by atoms with Gasteiger partial charge in [-0.2, -0.15) is 0 Å². The Morgan fingerprint density at radius 1 is 0.516 bits per heavy atom. The first-order valence-electron chi connectivity index (χ1n) is 27.9. The molecule has 9 heteroatoms. The molecule has 7 unspecified atom stereocenters. The van der Waals surface area contributed by atoms with Gasteiger partial charge in [-0.1, -0.05) is 264 Å². The van der Waals surface area contributed by atoms with Crippen LogP contribution in [0.15, 0.2) is 12.2 Å². The maximum absolute atomic E-state index is 12.9. The third-order valence-electron chi connectivity index (χ3n) is 13.6. The van der Waals surface area contributed by atoms with Gasteiger partial charge in [-0.3, -0.25) is 4.79 Å². The summed E-state index contributed by atoms with van der Waals surface area (Å²) in [5, 5.41) is 54.0. The number of hydrogen-bond donors (Lipinski definition) is 6. The number of aliphatic hydroxyl groups is 5. The van der Waals surface area contributed by atoms with Crippen molar-refractivity contribution < 1.29 is 39.8 Å². The molecule has 1 aliphatic heterocycles. The molecule has 1 fully saturated rings. The van der Waals surface area contributed by atoms with Gasteiger partial charge in [0.2, 0.25) is 5.91 Å². The van der Waals surface area contributed by atoms with Crippen molar-refractivity contribution in [2.45, 2.75) is 320 Å². The predicted octanol–water partition coefficient (Wildman–Crippen LogP) is 13.2. The number of aliphatic hydroxyl groups excluding tert-OH is 5. The van der Waals surface area contributed by atoms with Crippen LogP contribution >= 0.6 is 0 Å². The average Bonchev–Trinajstić information content (AvgIpc) is 3.29. The summed E-state index contributed by atoms with van der Waals surface area (Å²) in [6.07, 6.45) is 49.1. The highest BCUT2D eigenvalue weighted by molar-refractivity contribution is 5.76. The molecule has 1 heterocycles. The van der Waals surface area contributed by atoms with Crippen molar-refractivity contribution in [3.05, 3.63) is 12.2 Å². The number of unbranched alkanes of at least 4 members (excludes halogenated alkanes) is 38. The second-order valence-corrected chi connectivity index (χ2v) is 19.7. The van der Waals surface area contributed by atoms with Crippen LogP contribution in [0.3, 0.4) is 0 Å². The molecule has 1 aliphatic rings. The minimum absolute atomic E-state index is 0.176. The molecule has 7 atom stereocenters. The van der Waals surface area contributed by atoms with Crippen LogP contribution < -0.4 is 5.32 Å². The molecule has 0 aromatic heterocycles. The summed E-state index contributed by atoms with van der Waals surface area (Å²) in [5.74, 6) is -0.176. The van der Waals surface area contributed by atoms with E-state index in [-0.39, 0.29) is 12.5 Å². The van der Waals surface area contributed by atoms with Crippen LogP contribution in [0.2, 0.25) is 0 Å². The lowest BCUT2D eigenvalue weighted by molar-refractivity contribution is -0.302. The molecule has 64 heavy (non-hydrogen) atoms. The van der Waals surface area contributed by atoms with Gasteiger partial charge in [0.15, 0.2) is 6.29 Å². The van der Waals surface area contributed by atoms with E-state index < -0.39 is 49.5 Å². The van der Waals surface area contributed by atoms with E-state index in [2.05, 4.69) is 19.2 Å². The third kappa shape index (κ3) is 35.1. The van der Waals surface area contributed by atoms with E-state index in [1.165, 1.54) is 218 Å². The van der Waals surface area contributed by atoms with Crippen molar-refractivity contribution in [3.63, 3.8) is 0 Å². The number of nitrogens with one attached hydrogen (secondary N) is 1. The number of carbonyl (C=O) groups is 1. The summed E-state index contributed by atoms with van der Waals surface area (Å²) in [7, 11) is 0.